The van der Waals surface area contributed by atoms with Gasteiger partial charge in [0, 0.05) is 32.4 Å². The van der Waals surface area contributed by atoms with Crippen LogP contribution >= 0.6 is 11.6 Å². The minimum atomic E-state index is -0.234. The van der Waals surface area contributed by atoms with Crippen molar-refractivity contribution in [2.75, 3.05) is 32.8 Å². The van der Waals surface area contributed by atoms with E-state index in [1.807, 2.05) is 19.9 Å². The van der Waals surface area contributed by atoms with E-state index in [4.69, 9.17) is 11.6 Å². The molecule has 1 fully saturated rings. The first-order valence-electron chi connectivity index (χ1n) is 8.78. The summed E-state index contributed by atoms with van der Waals surface area (Å²) in [6, 6.07) is 3.66. The van der Waals surface area contributed by atoms with E-state index in [0.717, 1.165) is 44.1 Å². The predicted octanol–water partition coefficient (Wildman–Crippen LogP) is 3.01. The molecule has 0 unspecified atom stereocenters. The summed E-state index contributed by atoms with van der Waals surface area (Å²) in [4.78, 5) is 21.7. The van der Waals surface area contributed by atoms with Crippen LogP contribution in [0.3, 0.4) is 0 Å². The Morgan fingerprint density at radius 3 is 2.68 bits per heavy atom. The molecular weight excluding hydrogens is 342 g/mol. The third-order valence-corrected chi connectivity index (χ3v) is 4.39. The summed E-state index contributed by atoms with van der Waals surface area (Å²) in [5, 5.41) is 12.0. The van der Waals surface area contributed by atoms with Crippen LogP contribution < -0.4 is 0 Å². The smallest absolute Gasteiger partial charge is 0.300 e. The van der Waals surface area contributed by atoms with E-state index in [1.165, 1.54) is 0 Å². The van der Waals surface area contributed by atoms with E-state index in [1.54, 1.807) is 12.3 Å². The fourth-order valence-corrected chi connectivity index (χ4v) is 3.32. The first-order chi connectivity index (χ1) is 12.1. The zero-order valence-electron chi connectivity index (χ0n) is 15.1. The van der Waals surface area contributed by atoms with E-state index >= 15 is 0 Å². The van der Waals surface area contributed by atoms with Crippen LogP contribution in [0.2, 0.25) is 5.15 Å². The molecule has 0 spiro atoms. The largest absolute Gasteiger partial charge is 0.347 e. The summed E-state index contributed by atoms with van der Waals surface area (Å²) in [6.07, 6.45) is 2.72. The Balaban J connectivity index is 0.00000109. The molecule has 0 aromatic carbocycles. The molecule has 8 heteroatoms. The van der Waals surface area contributed by atoms with Gasteiger partial charge in [0.15, 0.2) is 5.82 Å². The number of nitrogens with zero attached hydrogens (tertiary/aromatic N) is 5. The van der Waals surface area contributed by atoms with Gasteiger partial charge in [0.2, 0.25) is 0 Å². The van der Waals surface area contributed by atoms with Crippen LogP contribution in [-0.2, 0) is 6.54 Å². The number of halogens is 1. The van der Waals surface area contributed by atoms with Gasteiger partial charge in [0.1, 0.15) is 5.15 Å². The Labute approximate surface area is 154 Å². The molecule has 25 heavy (non-hydrogen) atoms. The Kier molecular flexibility index (Phi) is 7.01. The fourth-order valence-electron chi connectivity index (χ4n) is 3.21. The van der Waals surface area contributed by atoms with Gasteiger partial charge >= 0.3 is 0 Å². The van der Waals surface area contributed by atoms with Gasteiger partial charge in [0.05, 0.1) is 18.1 Å². The Morgan fingerprint density at radius 2 is 2.08 bits per heavy atom. The molecule has 0 aliphatic carbocycles. The minimum Gasteiger partial charge on any atom is -0.347 e. The Hall–Kier alpha value is -1.86. The lowest BCUT2D eigenvalue weighted by Gasteiger charge is -2.34. The van der Waals surface area contributed by atoms with Crippen LogP contribution in [0.25, 0.3) is 0 Å². The van der Waals surface area contributed by atoms with Gasteiger partial charge in [-0.25, -0.2) is 4.98 Å². The van der Waals surface area contributed by atoms with E-state index < -0.39 is 0 Å². The highest BCUT2D eigenvalue weighted by Gasteiger charge is 2.38. The van der Waals surface area contributed by atoms with Crippen molar-refractivity contribution in [2.24, 2.45) is 0 Å². The summed E-state index contributed by atoms with van der Waals surface area (Å²) in [6.45, 7) is 10.3. The molecule has 2 aliphatic heterocycles. The molecule has 0 N–H and O–H groups in total. The number of pyridine rings is 1. The molecule has 2 aliphatic rings. The third-order valence-electron chi connectivity index (χ3n) is 4.16. The normalized spacial score (nSPS) is 17.3. The van der Waals surface area contributed by atoms with Gasteiger partial charge in [-0.2, -0.15) is 0 Å². The standard InChI is InChI=1S/C15H20ClN5O2.C2H6/c1-2-5-18-10-13(21(22)23)15-19(6-7-20(15)11-18)9-12-3-4-14(16)17-8-12;1-2/h3-4,8H,2,5-7,9-11H2,1H3;1-2H3. The zero-order chi connectivity index (χ0) is 18.4. The van der Waals surface area contributed by atoms with Crippen molar-refractivity contribution in [1.29, 1.82) is 0 Å². The van der Waals surface area contributed by atoms with E-state index in [2.05, 4.69) is 26.6 Å². The van der Waals surface area contributed by atoms with Crippen molar-refractivity contribution in [1.82, 2.24) is 19.7 Å². The van der Waals surface area contributed by atoms with Gasteiger partial charge in [-0.3, -0.25) is 15.0 Å². The van der Waals surface area contributed by atoms with Gasteiger partial charge in [-0.05, 0) is 18.1 Å². The summed E-state index contributed by atoms with van der Waals surface area (Å²) >= 11 is 5.81. The monoisotopic (exact) mass is 367 g/mol. The van der Waals surface area contributed by atoms with Crippen LogP contribution in [0.1, 0.15) is 32.8 Å². The van der Waals surface area contributed by atoms with Crippen molar-refractivity contribution in [3.8, 4) is 0 Å². The molecular formula is C17H26ClN5O2. The minimum absolute atomic E-state index is 0.234. The topological polar surface area (TPSA) is 65.8 Å². The van der Waals surface area contributed by atoms with Crippen molar-refractivity contribution in [2.45, 2.75) is 33.7 Å². The molecule has 3 heterocycles. The second kappa shape index (κ2) is 9.01. The van der Waals surface area contributed by atoms with Gasteiger partial charge < -0.3 is 9.80 Å². The molecule has 1 aromatic rings. The molecule has 0 atom stereocenters. The predicted molar refractivity (Wildman–Crippen MR) is 98.5 cm³/mol. The molecule has 138 valence electrons. The summed E-state index contributed by atoms with van der Waals surface area (Å²) in [5.74, 6) is 0.761. The Morgan fingerprint density at radius 1 is 1.32 bits per heavy atom. The average molecular weight is 368 g/mol. The highest BCUT2D eigenvalue weighted by atomic mass is 35.5. The molecule has 0 bridgehead atoms. The number of aromatic nitrogens is 1. The molecule has 1 saturated heterocycles. The summed E-state index contributed by atoms with van der Waals surface area (Å²) in [7, 11) is 0. The first-order valence-corrected chi connectivity index (χ1v) is 9.16. The van der Waals surface area contributed by atoms with Gasteiger partial charge in [-0.15, -0.1) is 0 Å². The van der Waals surface area contributed by atoms with Gasteiger partial charge in [0.25, 0.3) is 5.70 Å². The Bertz CT molecular complexity index is 620. The lowest BCUT2D eigenvalue weighted by molar-refractivity contribution is -0.433. The third kappa shape index (κ3) is 4.61. The molecule has 0 saturated carbocycles. The number of hydrogen-bond acceptors (Lipinski definition) is 6. The maximum Gasteiger partial charge on any atom is 0.300 e. The highest BCUT2D eigenvalue weighted by Crippen LogP contribution is 2.29. The van der Waals surface area contributed by atoms with Crippen molar-refractivity contribution in [3.63, 3.8) is 0 Å². The van der Waals surface area contributed by atoms with Crippen LogP contribution in [0.4, 0.5) is 0 Å². The van der Waals surface area contributed by atoms with Crippen LogP contribution in [0.15, 0.2) is 29.8 Å². The zero-order valence-corrected chi connectivity index (χ0v) is 15.9. The molecule has 7 nitrogen and oxygen atoms in total. The molecule has 3 rings (SSSR count). The summed E-state index contributed by atoms with van der Waals surface area (Å²) in [5.41, 5.74) is 1.30. The first kappa shape index (κ1) is 19.5. The molecule has 0 amide bonds. The van der Waals surface area contributed by atoms with Crippen molar-refractivity contribution >= 4 is 11.6 Å². The summed E-state index contributed by atoms with van der Waals surface area (Å²) < 4.78 is 0. The molecule has 0 radical (unpaired) electrons. The van der Waals surface area contributed by atoms with E-state index in [-0.39, 0.29) is 4.92 Å². The lowest BCUT2D eigenvalue weighted by Crippen LogP contribution is -2.45. The average Bonchev–Trinajstić information content (AvgIpc) is 3.01. The van der Waals surface area contributed by atoms with Crippen molar-refractivity contribution in [3.05, 3.63) is 50.7 Å². The SMILES string of the molecule is CC.CCCN1CC([N+](=O)[O-])=C2N(Cc3ccc(Cl)nc3)CCN2C1. The number of nitro groups is 1. The number of hydrogen-bond donors (Lipinski definition) is 0. The molecule has 1 aromatic heterocycles. The van der Waals surface area contributed by atoms with Gasteiger partial charge in [-0.1, -0.05) is 38.4 Å². The van der Waals surface area contributed by atoms with E-state index in [0.29, 0.717) is 23.9 Å². The number of fused-ring (bicyclic) bond motifs is 1. The second-order valence-electron chi connectivity index (χ2n) is 5.90. The maximum absolute atomic E-state index is 11.5. The maximum atomic E-state index is 11.5. The van der Waals surface area contributed by atoms with E-state index in [9.17, 15) is 10.1 Å². The second-order valence-corrected chi connectivity index (χ2v) is 6.28. The fraction of sp³-hybridized carbons (Fsp3) is 0.588. The highest BCUT2D eigenvalue weighted by molar-refractivity contribution is 6.29. The lowest BCUT2D eigenvalue weighted by atomic mass is 10.2. The quantitative estimate of drug-likeness (QED) is 0.453. The van der Waals surface area contributed by atoms with Crippen molar-refractivity contribution < 1.29 is 4.92 Å². The number of rotatable bonds is 5. The van der Waals surface area contributed by atoms with Crippen LogP contribution in [0.5, 0.6) is 0 Å². The van der Waals surface area contributed by atoms with Crippen LogP contribution in [-0.4, -0.2) is 57.5 Å². The van der Waals surface area contributed by atoms with Crippen LogP contribution in [0, 0.1) is 10.1 Å².